The molecule has 1 aromatic rings. The summed E-state index contributed by atoms with van der Waals surface area (Å²) >= 11 is 3.71. The minimum absolute atomic E-state index is 0.0350. The molecular weight excluding hydrogens is 392 g/mol. The van der Waals surface area contributed by atoms with E-state index in [0.29, 0.717) is 17.3 Å². The number of allylic oxidation sites excluding steroid dienone is 2. The summed E-state index contributed by atoms with van der Waals surface area (Å²) in [5.74, 6) is 1.62. The normalized spacial score (nSPS) is 36.9. The van der Waals surface area contributed by atoms with Gasteiger partial charge in [0.2, 0.25) is 0 Å². The van der Waals surface area contributed by atoms with Gasteiger partial charge in [0.05, 0.1) is 20.1 Å². The Morgan fingerprint density at radius 2 is 1.73 bits per heavy atom. The first-order valence-corrected chi connectivity index (χ1v) is 10.2. The summed E-state index contributed by atoms with van der Waals surface area (Å²) in [6.07, 6.45) is 7.91. The Balaban J connectivity index is 1.90. The van der Waals surface area contributed by atoms with Gasteiger partial charge in [-0.05, 0) is 41.4 Å². The molecule has 26 heavy (non-hydrogen) atoms. The van der Waals surface area contributed by atoms with E-state index in [9.17, 15) is 4.79 Å². The van der Waals surface area contributed by atoms with Gasteiger partial charge in [-0.25, -0.2) is 0 Å². The van der Waals surface area contributed by atoms with Crippen molar-refractivity contribution in [2.75, 3.05) is 14.2 Å². The molecule has 3 aliphatic rings. The minimum Gasteiger partial charge on any atom is -0.493 e. The number of methoxy groups -OCH3 is 2. The fourth-order valence-corrected chi connectivity index (χ4v) is 7.00. The Hall–Kier alpha value is -1.29. The highest BCUT2D eigenvalue weighted by Crippen LogP contribution is 2.77. The molecule has 0 aliphatic heterocycles. The molecule has 4 rings (SSSR count). The second-order valence-corrected chi connectivity index (χ2v) is 9.78. The molecule has 2 saturated carbocycles. The monoisotopic (exact) mass is 418 g/mol. The number of Topliss-reactive ketones (excluding diaryl/α,β-unsaturated/α-hetero) is 1. The van der Waals surface area contributed by atoms with E-state index in [1.807, 2.05) is 12.1 Å². The van der Waals surface area contributed by atoms with Crippen LogP contribution in [0.2, 0.25) is 0 Å². The number of ether oxygens (including phenoxy) is 2. The summed E-state index contributed by atoms with van der Waals surface area (Å²) < 4.78 is 11.9. The first kappa shape index (κ1) is 18.1. The SMILES string of the molecule is COc1cc(Br)c(C2C(=O)[C@@H]3C=C[C@@]34C(C)(C)CCC[C@@]24C)cc1OC. The Morgan fingerprint density at radius 3 is 2.31 bits per heavy atom. The summed E-state index contributed by atoms with van der Waals surface area (Å²) in [7, 11) is 3.28. The summed E-state index contributed by atoms with van der Waals surface area (Å²) in [6.45, 7) is 7.03. The first-order valence-electron chi connectivity index (χ1n) is 9.38. The van der Waals surface area contributed by atoms with Crippen LogP contribution in [0.1, 0.15) is 51.5 Å². The van der Waals surface area contributed by atoms with Gasteiger partial charge in [0, 0.05) is 15.8 Å². The molecule has 0 bridgehead atoms. The largest absolute Gasteiger partial charge is 0.493 e. The van der Waals surface area contributed by atoms with E-state index in [0.717, 1.165) is 16.5 Å². The van der Waals surface area contributed by atoms with E-state index in [2.05, 4.69) is 48.9 Å². The lowest BCUT2D eigenvalue weighted by molar-refractivity contribution is -0.123. The van der Waals surface area contributed by atoms with E-state index in [1.54, 1.807) is 14.2 Å². The van der Waals surface area contributed by atoms with Crippen LogP contribution in [0.5, 0.6) is 11.5 Å². The number of carbonyl (C=O) groups excluding carboxylic acids is 1. The van der Waals surface area contributed by atoms with Crippen LogP contribution in [0.15, 0.2) is 28.8 Å². The van der Waals surface area contributed by atoms with Gasteiger partial charge < -0.3 is 9.47 Å². The zero-order valence-corrected chi connectivity index (χ0v) is 17.8. The van der Waals surface area contributed by atoms with Gasteiger partial charge >= 0.3 is 0 Å². The van der Waals surface area contributed by atoms with Crippen LogP contribution in [0.4, 0.5) is 0 Å². The van der Waals surface area contributed by atoms with Crippen molar-refractivity contribution in [3.05, 3.63) is 34.3 Å². The highest BCUT2D eigenvalue weighted by atomic mass is 79.9. The second-order valence-electron chi connectivity index (χ2n) is 8.92. The Kier molecular flexibility index (Phi) is 3.90. The summed E-state index contributed by atoms with van der Waals surface area (Å²) in [5, 5.41) is 0. The van der Waals surface area contributed by atoms with Gasteiger partial charge in [-0.2, -0.15) is 0 Å². The molecule has 2 fully saturated rings. The van der Waals surface area contributed by atoms with Crippen LogP contribution in [-0.2, 0) is 4.79 Å². The predicted molar refractivity (Wildman–Crippen MR) is 106 cm³/mol. The van der Waals surface area contributed by atoms with E-state index in [-0.39, 0.29) is 28.1 Å². The van der Waals surface area contributed by atoms with Gasteiger partial charge in [-0.15, -0.1) is 0 Å². The lowest BCUT2D eigenvalue weighted by Crippen LogP contribution is -2.56. The third kappa shape index (κ3) is 1.92. The molecule has 3 aliphatic carbocycles. The standard InChI is InChI=1S/C22H27BrO3/c1-20(2)8-6-9-21(3)18(19(24)14-7-10-22(14,20)21)13-11-16(25-4)17(26-5)12-15(13)23/h7,10-12,14,18H,6,8-9H2,1-5H3/t14-,18?,21-,22-/m0/s1. The average molecular weight is 419 g/mol. The molecule has 3 nitrogen and oxygen atoms in total. The van der Waals surface area contributed by atoms with Crippen LogP contribution in [-0.4, -0.2) is 20.0 Å². The van der Waals surface area contributed by atoms with E-state index >= 15 is 0 Å². The van der Waals surface area contributed by atoms with Gasteiger partial charge in [0.25, 0.3) is 0 Å². The fraction of sp³-hybridized carbons (Fsp3) is 0.591. The highest BCUT2D eigenvalue weighted by molar-refractivity contribution is 9.10. The van der Waals surface area contributed by atoms with Gasteiger partial charge in [0.1, 0.15) is 5.78 Å². The number of halogens is 1. The molecule has 4 heteroatoms. The lowest BCUT2D eigenvalue weighted by Gasteiger charge is -2.62. The molecule has 0 heterocycles. The van der Waals surface area contributed by atoms with Crippen molar-refractivity contribution in [1.82, 2.24) is 0 Å². The number of benzene rings is 1. The maximum atomic E-state index is 13.6. The van der Waals surface area contributed by atoms with Gasteiger partial charge in [-0.3, -0.25) is 4.79 Å². The average Bonchev–Trinajstić information content (AvgIpc) is 2.67. The van der Waals surface area contributed by atoms with Gasteiger partial charge in [-0.1, -0.05) is 55.3 Å². The van der Waals surface area contributed by atoms with Crippen molar-refractivity contribution >= 4 is 21.7 Å². The molecule has 0 radical (unpaired) electrons. The van der Waals surface area contributed by atoms with Crippen molar-refractivity contribution in [3.63, 3.8) is 0 Å². The van der Waals surface area contributed by atoms with Crippen molar-refractivity contribution in [3.8, 4) is 11.5 Å². The molecule has 0 amide bonds. The number of ketones is 1. The van der Waals surface area contributed by atoms with Crippen molar-refractivity contribution in [1.29, 1.82) is 0 Å². The topological polar surface area (TPSA) is 35.5 Å². The molecular formula is C22H27BrO3. The first-order chi connectivity index (χ1) is 12.2. The quantitative estimate of drug-likeness (QED) is 0.605. The van der Waals surface area contributed by atoms with Crippen LogP contribution >= 0.6 is 15.9 Å². The van der Waals surface area contributed by atoms with E-state index in [1.165, 1.54) is 12.8 Å². The fourth-order valence-electron chi connectivity index (χ4n) is 6.44. The molecule has 1 aromatic carbocycles. The Labute approximate surface area is 164 Å². The summed E-state index contributed by atoms with van der Waals surface area (Å²) in [5.41, 5.74) is 1.05. The maximum Gasteiger partial charge on any atom is 0.161 e. The zero-order chi connectivity index (χ0) is 18.9. The van der Waals surface area contributed by atoms with Crippen molar-refractivity contribution < 1.29 is 14.3 Å². The lowest BCUT2D eigenvalue weighted by atomic mass is 9.41. The molecule has 4 atom stereocenters. The van der Waals surface area contributed by atoms with Crippen LogP contribution in [0, 0.1) is 22.2 Å². The van der Waals surface area contributed by atoms with Crippen molar-refractivity contribution in [2.24, 2.45) is 22.2 Å². The minimum atomic E-state index is -0.128. The third-order valence-electron chi connectivity index (χ3n) is 7.65. The number of rotatable bonds is 3. The third-order valence-corrected chi connectivity index (χ3v) is 8.33. The smallest absolute Gasteiger partial charge is 0.161 e. The maximum absolute atomic E-state index is 13.6. The molecule has 1 unspecified atom stereocenters. The molecule has 140 valence electrons. The zero-order valence-electron chi connectivity index (χ0n) is 16.2. The molecule has 0 aromatic heterocycles. The van der Waals surface area contributed by atoms with E-state index in [4.69, 9.17) is 9.47 Å². The Morgan fingerprint density at radius 1 is 1.08 bits per heavy atom. The van der Waals surface area contributed by atoms with E-state index < -0.39 is 0 Å². The number of carbonyl (C=O) groups is 1. The predicted octanol–water partition coefficient (Wildman–Crippen LogP) is 5.52. The molecule has 1 spiro atoms. The second kappa shape index (κ2) is 5.60. The van der Waals surface area contributed by atoms with Crippen molar-refractivity contribution in [2.45, 2.75) is 46.0 Å². The summed E-state index contributed by atoms with van der Waals surface area (Å²) in [6, 6.07) is 3.93. The van der Waals surface area contributed by atoms with Crippen LogP contribution in [0.25, 0.3) is 0 Å². The Bertz CT molecular complexity index is 812. The van der Waals surface area contributed by atoms with Gasteiger partial charge in [0.15, 0.2) is 11.5 Å². The number of hydrogen-bond donors (Lipinski definition) is 0. The molecule has 0 saturated heterocycles. The number of hydrogen-bond acceptors (Lipinski definition) is 3. The van der Waals surface area contributed by atoms with Crippen LogP contribution < -0.4 is 9.47 Å². The molecule has 0 N–H and O–H groups in total. The summed E-state index contributed by atoms with van der Waals surface area (Å²) in [4.78, 5) is 13.6. The van der Waals surface area contributed by atoms with Crippen LogP contribution in [0.3, 0.4) is 0 Å². The highest BCUT2D eigenvalue weighted by Gasteiger charge is 2.73.